The highest BCUT2D eigenvalue weighted by atomic mass is 15.0. The molecule has 1 aliphatic carbocycles. The lowest BCUT2D eigenvalue weighted by Gasteiger charge is -2.10. The molecular formula is C34H31N3. The maximum Gasteiger partial charge on any atom is 0.157 e. The van der Waals surface area contributed by atoms with Crippen molar-refractivity contribution < 1.29 is 0 Å². The fraction of sp³-hybridized carbons (Fsp3) is 0.118. The first-order valence-corrected chi connectivity index (χ1v) is 12.7. The summed E-state index contributed by atoms with van der Waals surface area (Å²) in [6.45, 7) is 2.59. The summed E-state index contributed by atoms with van der Waals surface area (Å²) >= 11 is 0. The van der Waals surface area contributed by atoms with Crippen molar-refractivity contribution in [1.82, 2.24) is 0 Å². The molecule has 4 aromatic rings. The molecule has 0 saturated carbocycles. The van der Waals surface area contributed by atoms with Crippen molar-refractivity contribution >= 4 is 17.2 Å². The summed E-state index contributed by atoms with van der Waals surface area (Å²) in [7, 11) is 0. The maximum absolute atomic E-state index is 6.56. The van der Waals surface area contributed by atoms with E-state index < -0.39 is 0 Å². The molecule has 37 heavy (non-hydrogen) atoms. The van der Waals surface area contributed by atoms with Crippen LogP contribution in [0.15, 0.2) is 131 Å². The fourth-order valence-electron chi connectivity index (χ4n) is 4.40. The third-order valence-electron chi connectivity index (χ3n) is 6.47. The molecule has 0 saturated heterocycles. The van der Waals surface area contributed by atoms with Gasteiger partial charge in [0.25, 0.3) is 0 Å². The van der Waals surface area contributed by atoms with E-state index >= 15 is 0 Å². The molecule has 1 aliphatic rings. The summed E-state index contributed by atoms with van der Waals surface area (Å²) < 4.78 is 0. The average Bonchev–Trinajstić information content (AvgIpc) is 2.97. The average molecular weight is 482 g/mol. The van der Waals surface area contributed by atoms with E-state index in [9.17, 15) is 0 Å². The van der Waals surface area contributed by atoms with Crippen LogP contribution in [-0.4, -0.2) is 11.7 Å². The van der Waals surface area contributed by atoms with Crippen LogP contribution in [0.1, 0.15) is 40.7 Å². The Morgan fingerprint density at radius 3 is 2.27 bits per heavy atom. The number of aliphatic imine (C=N–C) groups is 2. The molecular weight excluding hydrogens is 450 g/mol. The normalized spacial score (nSPS) is 13.9. The second-order valence-corrected chi connectivity index (χ2v) is 9.29. The number of aryl methyl sites for hydroxylation is 1. The largest absolute Gasteiger partial charge is 0.383 e. The van der Waals surface area contributed by atoms with Crippen LogP contribution >= 0.6 is 0 Å². The molecule has 0 atom stereocenters. The van der Waals surface area contributed by atoms with Gasteiger partial charge in [0.1, 0.15) is 5.84 Å². The summed E-state index contributed by atoms with van der Waals surface area (Å²) in [5.74, 6) is 1.09. The van der Waals surface area contributed by atoms with E-state index in [0.29, 0.717) is 18.2 Å². The standard InChI is InChI=1S/C34H31N3/c1-25-18-20-29(21-19-25)34(36-24-26-10-8-15-30(22-26)27-11-4-2-5-12-27)37-33(35)32-17-9-16-31(23-32)28-13-6-3-7-14-28/h2,4-6,8-23H,3,7,24H2,1H3,(H2,35,36,37). The molecule has 182 valence electrons. The third-order valence-corrected chi connectivity index (χ3v) is 6.47. The third kappa shape index (κ3) is 6.20. The minimum atomic E-state index is 0.458. The van der Waals surface area contributed by atoms with E-state index in [4.69, 9.17) is 15.7 Å². The highest BCUT2D eigenvalue weighted by Gasteiger charge is 2.08. The van der Waals surface area contributed by atoms with Crippen LogP contribution in [0.4, 0.5) is 0 Å². The summed E-state index contributed by atoms with van der Waals surface area (Å²) in [4.78, 5) is 9.77. The van der Waals surface area contributed by atoms with Gasteiger partial charge in [-0.1, -0.05) is 115 Å². The predicted octanol–water partition coefficient (Wildman–Crippen LogP) is 7.75. The molecule has 0 unspecified atom stereocenters. The Kier molecular flexibility index (Phi) is 7.52. The van der Waals surface area contributed by atoms with Crippen molar-refractivity contribution in [1.29, 1.82) is 0 Å². The van der Waals surface area contributed by atoms with Gasteiger partial charge >= 0.3 is 0 Å². The van der Waals surface area contributed by atoms with Gasteiger partial charge in [-0.05, 0) is 59.7 Å². The molecule has 0 heterocycles. The lowest BCUT2D eigenvalue weighted by Crippen LogP contribution is -2.16. The van der Waals surface area contributed by atoms with Crippen molar-refractivity contribution in [3.63, 3.8) is 0 Å². The SMILES string of the molecule is Cc1ccc(C(N=C(N)c2cccc(C3=CCCC=C3)c2)=NCc2cccc(-c3ccccc3)c2)cc1. The summed E-state index contributed by atoms with van der Waals surface area (Å²) in [5.41, 5.74) is 15.5. The van der Waals surface area contributed by atoms with E-state index in [1.54, 1.807) is 0 Å². The zero-order valence-corrected chi connectivity index (χ0v) is 21.1. The molecule has 2 N–H and O–H groups in total. The van der Waals surface area contributed by atoms with Crippen molar-refractivity contribution in [2.45, 2.75) is 26.3 Å². The van der Waals surface area contributed by atoms with Crippen molar-refractivity contribution in [3.05, 3.63) is 149 Å². The van der Waals surface area contributed by atoms with E-state index in [0.717, 1.165) is 35.1 Å². The van der Waals surface area contributed by atoms with E-state index in [2.05, 4.69) is 110 Å². The van der Waals surface area contributed by atoms with E-state index in [1.807, 2.05) is 18.2 Å². The summed E-state index contributed by atoms with van der Waals surface area (Å²) in [6, 6.07) is 35.4. The first-order chi connectivity index (χ1) is 18.2. The molecule has 5 rings (SSSR count). The number of nitrogens with two attached hydrogens (primary N) is 1. The Labute approximate surface area is 219 Å². The van der Waals surface area contributed by atoms with Gasteiger partial charge in [-0.15, -0.1) is 0 Å². The van der Waals surface area contributed by atoms with Gasteiger partial charge in [0.2, 0.25) is 0 Å². The van der Waals surface area contributed by atoms with Gasteiger partial charge in [0, 0.05) is 11.1 Å². The van der Waals surface area contributed by atoms with Crippen LogP contribution in [-0.2, 0) is 6.54 Å². The number of hydrogen-bond acceptors (Lipinski definition) is 1. The van der Waals surface area contributed by atoms with Crippen LogP contribution in [0, 0.1) is 6.92 Å². The molecule has 0 aromatic heterocycles. The van der Waals surface area contributed by atoms with Crippen LogP contribution in [0.2, 0.25) is 0 Å². The van der Waals surface area contributed by atoms with Crippen molar-refractivity contribution in [2.24, 2.45) is 15.7 Å². The molecule has 0 amide bonds. The Bertz CT molecular complexity index is 1490. The minimum Gasteiger partial charge on any atom is -0.383 e. The first kappa shape index (κ1) is 24.2. The minimum absolute atomic E-state index is 0.458. The van der Waals surface area contributed by atoms with Crippen molar-refractivity contribution in [3.8, 4) is 11.1 Å². The zero-order valence-electron chi connectivity index (χ0n) is 21.1. The van der Waals surface area contributed by atoms with Gasteiger partial charge in [0.15, 0.2) is 5.84 Å². The van der Waals surface area contributed by atoms with Gasteiger partial charge < -0.3 is 5.73 Å². The van der Waals surface area contributed by atoms with Gasteiger partial charge in [0.05, 0.1) is 6.54 Å². The van der Waals surface area contributed by atoms with E-state index in [-0.39, 0.29) is 0 Å². The lowest BCUT2D eigenvalue weighted by molar-refractivity contribution is 1.04. The van der Waals surface area contributed by atoms with Crippen LogP contribution in [0.25, 0.3) is 16.7 Å². The molecule has 0 spiro atoms. The van der Waals surface area contributed by atoms with Crippen LogP contribution < -0.4 is 5.73 Å². The molecule has 3 heteroatoms. The quantitative estimate of drug-likeness (QED) is 0.222. The van der Waals surface area contributed by atoms with Crippen molar-refractivity contribution in [2.75, 3.05) is 0 Å². The molecule has 0 fully saturated rings. The topological polar surface area (TPSA) is 50.7 Å². The summed E-state index contributed by atoms with van der Waals surface area (Å²) in [6.07, 6.45) is 8.83. The summed E-state index contributed by atoms with van der Waals surface area (Å²) in [5, 5.41) is 0. The Balaban J connectivity index is 1.47. The van der Waals surface area contributed by atoms with Gasteiger partial charge in [-0.25, -0.2) is 4.99 Å². The zero-order chi connectivity index (χ0) is 25.5. The lowest BCUT2D eigenvalue weighted by atomic mass is 9.98. The Morgan fingerprint density at radius 2 is 1.49 bits per heavy atom. The van der Waals surface area contributed by atoms with Gasteiger partial charge in [-0.2, -0.15) is 0 Å². The maximum atomic E-state index is 6.56. The van der Waals surface area contributed by atoms with E-state index in [1.165, 1.54) is 22.3 Å². The number of rotatable bonds is 6. The second-order valence-electron chi connectivity index (χ2n) is 9.29. The molecule has 4 aromatic carbocycles. The fourth-order valence-corrected chi connectivity index (χ4v) is 4.40. The van der Waals surface area contributed by atoms with Gasteiger partial charge in [-0.3, -0.25) is 4.99 Å². The number of allylic oxidation sites excluding steroid dienone is 4. The number of nitrogens with zero attached hydrogens (tertiary/aromatic N) is 2. The predicted molar refractivity (Wildman–Crippen MR) is 157 cm³/mol. The Morgan fingerprint density at radius 1 is 0.730 bits per heavy atom. The number of benzene rings is 4. The molecule has 0 aliphatic heterocycles. The van der Waals surface area contributed by atoms with Crippen LogP contribution in [0.5, 0.6) is 0 Å². The second kappa shape index (κ2) is 11.5. The molecule has 0 bridgehead atoms. The highest BCUT2D eigenvalue weighted by Crippen LogP contribution is 2.23. The number of amidine groups is 2. The molecule has 0 radical (unpaired) electrons. The molecule has 3 nitrogen and oxygen atoms in total. The van der Waals surface area contributed by atoms with Crippen LogP contribution in [0.3, 0.4) is 0 Å². The highest BCUT2D eigenvalue weighted by molar-refractivity contribution is 6.11. The smallest absolute Gasteiger partial charge is 0.157 e. The monoisotopic (exact) mass is 481 g/mol. The number of hydrogen-bond donors (Lipinski definition) is 1. The Hall–Kier alpha value is -4.50. The first-order valence-electron chi connectivity index (χ1n) is 12.7.